The number of aromatic nitrogens is 2. The number of hydrogen-bond acceptors (Lipinski definition) is 3. The minimum Gasteiger partial charge on any atom is -0.333 e. The fourth-order valence-corrected chi connectivity index (χ4v) is 4.13. The molecule has 22 heavy (non-hydrogen) atoms. The Kier molecular flexibility index (Phi) is 4.54. The maximum atomic E-state index is 13.1. The van der Waals surface area contributed by atoms with Crippen molar-refractivity contribution in [3.05, 3.63) is 54.1 Å². The molecule has 7 heteroatoms. The van der Waals surface area contributed by atoms with Gasteiger partial charge in [-0.25, -0.2) is 13.8 Å². The van der Waals surface area contributed by atoms with Gasteiger partial charge < -0.3 is 4.98 Å². The van der Waals surface area contributed by atoms with Crippen LogP contribution < -0.4 is 0 Å². The minimum atomic E-state index is -1.06. The highest BCUT2D eigenvalue weighted by atomic mass is 32.2. The van der Waals surface area contributed by atoms with E-state index < -0.39 is 22.4 Å². The summed E-state index contributed by atoms with van der Waals surface area (Å²) in [6.07, 6.45) is 0. The molecule has 2 aromatic carbocycles. The van der Waals surface area contributed by atoms with Gasteiger partial charge in [0.05, 0.1) is 21.8 Å². The number of aromatic amines is 1. The second kappa shape index (κ2) is 6.58. The lowest BCUT2D eigenvalue weighted by Gasteiger charge is -2.00. The molecule has 3 nitrogen and oxygen atoms in total. The monoisotopic (exact) mass is 338 g/mol. The summed E-state index contributed by atoms with van der Waals surface area (Å²) in [5, 5.41) is 0.560. The van der Waals surface area contributed by atoms with Gasteiger partial charge in [-0.1, -0.05) is 30.0 Å². The highest BCUT2D eigenvalue weighted by Gasteiger charge is 2.10. The van der Waals surface area contributed by atoms with Crippen molar-refractivity contribution < 1.29 is 13.0 Å². The summed E-state index contributed by atoms with van der Waals surface area (Å²) in [4.78, 5) is 7.90. The SMILES string of the molecule is O=[S@](CCSc1nc2cc(F)c(F)cc2[nH]1)c1ccccc1. The van der Waals surface area contributed by atoms with E-state index in [-0.39, 0.29) is 0 Å². The van der Waals surface area contributed by atoms with Gasteiger partial charge >= 0.3 is 0 Å². The lowest BCUT2D eigenvalue weighted by Crippen LogP contribution is -2.00. The van der Waals surface area contributed by atoms with Crippen molar-refractivity contribution >= 4 is 33.6 Å². The molecule has 114 valence electrons. The maximum absolute atomic E-state index is 13.1. The van der Waals surface area contributed by atoms with Crippen LogP contribution >= 0.6 is 11.8 Å². The molecule has 0 spiro atoms. The Labute approximate surface area is 132 Å². The molecule has 0 saturated carbocycles. The molecule has 1 aromatic heterocycles. The summed E-state index contributed by atoms with van der Waals surface area (Å²) in [7, 11) is -1.06. The maximum Gasteiger partial charge on any atom is 0.166 e. The van der Waals surface area contributed by atoms with Crippen LogP contribution in [0.3, 0.4) is 0 Å². The molecular formula is C15H12F2N2OS2. The molecule has 1 heterocycles. The summed E-state index contributed by atoms with van der Waals surface area (Å²) < 4.78 is 38.3. The molecule has 0 bridgehead atoms. The van der Waals surface area contributed by atoms with Crippen LogP contribution in [0.5, 0.6) is 0 Å². The second-order valence-corrected chi connectivity index (χ2v) is 7.19. The molecule has 1 atom stereocenters. The van der Waals surface area contributed by atoms with E-state index in [0.29, 0.717) is 27.7 Å². The fraction of sp³-hybridized carbons (Fsp3) is 0.133. The second-order valence-electron chi connectivity index (χ2n) is 4.54. The molecule has 0 unspecified atom stereocenters. The normalized spacial score (nSPS) is 12.6. The van der Waals surface area contributed by atoms with Crippen LogP contribution in [0.25, 0.3) is 11.0 Å². The van der Waals surface area contributed by atoms with E-state index in [1.165, 1.54) is 11.8 Å². The van der Waals surface area contributed by atoms with Crippen LogP contribution in [-0.4, -0.2) is 25.7 Å². The number of fused-ring (bicyclic) bond motifs is 1. The Morgan fingerprint density at radius 2 is 1.86 bits per heavy atom. The van der Waals surface area contributed by atoms with Gasteiger partial charge in [0.1, 0.15) is 0 Å². The Hall–Kier alpha value is -1.73. The summed E-state index contributed by atoms with van der Waals surface area (Å²) in [5.74, 6) is -0.751. The van der Waals surface area contributed by atoms with Crippen LogP contribution in [0.1, 0.15) is 0 Å². The van der Waals surface area contributed by atoms with Gasteiger partial charge in [0.15, 0.2) is 16.8 Å². The van der Waals surface area contributed by atoms with Crippen LogP contribution in [0.15, 0.2) is 52.5 Å². The number of thioether (sulfide) groups is 1. The van der Waals surface area contributed by atoms with E-state index in [1.54, 1.807) is 0 Å². The topological polar surface area (TPSA) is 45.8 Å². The zero-order chi connectivity index (χ0) is 15.5. The van der Waals surface area contributed by atoms with E-state index in [9.17, 15) is 13.0 Å². The number of imidazole rings is 1. The molecule has 1 N–H and O–H groups in total. The molecule has 0 amide bonds. The molecule has 3 aromatic rings. The Bertz CT molecular complexity index is 782. The van der Waals surface area contributed by atoms with Gasteiger partial charge in [-0.15, -0.1) is 0 Å². The van der Waals surface area contributed by atoms with Crippen molar-refractivity contribution in [1.82, 2.24) is 9.97 Å². The van der Waals surface area contributed by atoms with Crippen LogP contribution in [0, 0.1) is 11.6 Å². The standard InChI is InChI=1S/C15H12F2N2OS2/c16-11-8-13-14(9-12(11)17)19-15(18-13)21-6-7-22(20)10-4-2-1-3-5-10/h1-5,8-9H,6-7H2,(H,18,19)/t22-/m1/s1. The van der Waals surface area contributed by atoms with Crippen molar-refractivity contribution in [3.63, 3.8) is 0 Å². The average Bonchev–Trinajstić information content (AvgIpc) is 2.90. The Morgan fingerprint density at radius 1 is 1.14 bits per heavy atom. The van der Waals surface area contributed by atoms with Gasteiger partial charge in [-0.2, -0.15) is 0 Å². The number of halogens is 2. The van der Waals surface area contributed by atoms with Gasteiger partial charge in [0.2, 0.25) is 0 Å². The first kappa shape index (κ1) is 15.2. The number of benzene rings is 2. The van der Waals surface area contributed by atoms with Gasteiger partial charge in [-0.3, -0.25) is 4.21 Å². The van der Waals surface area contributed by atoms with E-state index in [4.69, 9.17) is 0 Å². The highest BCUT2D eigenvalue weighted by molar-refractivity contribution is 8.00. The predicted molar refractivity (Wildman–Crippen MR) is 84.5 cm³/mol. The Balaban J connectivity index is 1.63. The first-order valence-electron chi connectivity index (χ1n) is 6.54. The van der Waals surface area contributed by atoms with Crippen LogP contribution in [0.2, 0.25) is 0 Å². The molecule has 3 rings (SSSR count). The molecular weight excluding hydrogens is 326 g/mol. The summed E-state index contributed by atoms with van der Waals surface area (Å²) in [6, 6.07) is 11.4. The van der Waals surface area contributed by atoms with Gasteiger partial charge in [0.25, 0.3) is 0 Å². The minimum absolute atomic E-state index is 0.380. The van der Waals surface area contributed by atoms with Gasteiger partial charge in [0, 0.05) is 28.5 Å². The van der Waals surface area contributed by atoms with Crippen molar-refractivity contribution in [1.29, 1.82) is 0 Å². The average molecular weight is 338 g/mol. The first-order chi connectivity index (χ1) is 10.6. The summed E-state index contributed by atoms with van der Waals surface area (Å²) in [5.41, 5.74) is 0.830. The Morgan fingerprint density at radius 3 is 2.64 bits per heavy atom. The predicted octanol–water partition coefficient (Wildman–Crippen LogP) is 3.74. The lowest BCUT2D eigenvalue weighted by molar-refractivity contribution is 0.510. The summed E-state index contributed by atoms with van der Waals surface area (Å²) in [6.45, 7) is 0. The molecule has 0 aliphatic rings. The smallest absolute Gasteiger partial charge is 0.166 e. The molecule has 0 aliphatic carbocycles. The molecule has 0 aliphatic heterocycles. The highest BCUT2D eigenvalue weighted by Crippen LogP contribution is 2.22. The van der Waals surface area contributed by atoms with Crippen molar-refractivity contribution in [2.75, 3.05) is 11.5 Å². The molecule has 0 fully saturated rings. The summed E-state index contributed by atoms with van der Waals surface area (Å²) >= 11 is 1.38. The number of nitrogens with zero attached hydrogens (tertiary/aromatic N) is 1. The third kappa shape index (κ3) is 3.36. The van der Waals surface area contributed by atoms with Crippen molar-refractivity contribution in [2.45, 2.75) is 10.1 Å². The lowest BCUT2D eigenvalue weighted by atomic mass is 10.3. The third-order valence-corrected chi connectivity index (χ3v) is 5.52. The van der Waals surface area contributed by atoms with E-state index in [2.05, 4.69) is 9.97 Å². The largest absolute Gasteiger partial charge is 0.333 e. The van der Waals surface area contributed by atoms with Gasteiger partial charge in [-0.05, 0) is 12.1 Å². The van der Waals surface area contributed by atoms with Crippen molar-refractivity contribution in [3.8, 4) is 0 Å². The number of rotatable bonds is 5. The molecule has 0 radical (unpaired) electrons. The number of nitrogens with one attached hydrogen (secondary N) is 1. The fourth-order valence-electron chi connectivity index (χ4n) is 1.95. The zero-order valence-electron chi connectivity index (χ0n) is 11.4. The van der Waals surface area contributed by atoms with E-state index in [1.807, 2.05) is 30.3 Å². The molecule has 0 saturated heterocycles. The van der Waals surface area contributed by atoms with E-state index in [0.717, 1.165) is 17.0 Å². The first-order valence-corrected chi connectivity index (χ1v) is 8.85. The quantitative estimate of drug-likeness (QED) is 0.721. The van der Waals surface area contributed by atoms with Crippen LogP contribution in [-0.2, 0) is 10.8 Å². The third-order valence-electron chi connectivity index (χ3n) is 3.02. The van der Waals surface area contributed by atoms with Crippen molar-refractivity contribution in [2.24, 2.45) is 0 Å². The number of H-pyrrole nitrogens is 1. The zero-order valence-corrected chi connectivity index (χ0v) is 13.0. The van der Waals surface area contributed by atoms with Crippen LogP contribution in [0.4, 0.5) is 8.78 Å². The van der Waals surface area contributed by atoms with E-state index >= 15 is 0 Å². The number of hydrogen-bond donors (Lipinski definition) is 1.